The van der Waals surface area contributed by atoms with Crippen LogP contribution in [0.15, 0.2) is 83.8 Å². The third-order valence-corrected chi connectivity index (χ3v) is 14.7. The lowest BCUT2D eigenvalue weighted by Gasteiger charge is -2.17. The highest BCUT2D eigenvalue weighted by molar-refractivity contribution is 7.92. The summed E-state index contributed by atoms with van der Waals surface area (Å²) in [6, 6.07) is 13.5. The second-order valence-electron chi connectivity index (χ2n) is 13.6. The Bertz CT molecular complexity index is 4020. The zero-order valence-corrected chi connectivity index (χ0v) is 28.8. The summed E-state index contributed by atoms with van der Waals surface area (Å²) in [5, 5.41) is 5.32. The third-order valence-electron chi connectivity index (χ3n) is 11.1. The molecule has 2 N–H and O–H groups in total. The maximum atomic E-state index is 14.7. The highest BCUT2D eigenvalue weighted by Gasteiger charge is 2.38. The maximum Gasteiger partial charge on any atom is 0.294 e. The number of fused-ring (bicyclic) bond motifs is 9. The van der Waals surface area contributed by atoms with Gasteiger partial charge in [-0.05, 0) is 72.2 Å². The van der Waals surface area contributed by atoms with Gasteiger partial charge in [0.25, 0.3) is 31.4 Å². The van der Waals surface area contributed by atoms with E-state index < -0.39 is 46.1 Å². The van der Waals surface area contributed by atoms with Crippen LogP contribution in [-0.2, 0) is 36.5 Å². The van der Waals surface area contributed by atoms with Crippen LogP contribution in [0.2, 0.25) is 0 Å². The van der Waals surface area contributed by atoms with E-state index in [-0.39, 0.29) is 66.3 Å². The summed E-state index contributed by atoms with van der Waals surface area (Å²) < 4.78 is 99.5. The molecule has 53 heavy (non-hydrogen) atoms. The average Bonchev–Trinajstić information content (AvgIpc) is 3.76. The highest BCUT2D eigenvalue weighted by Crippen LogP contribution is 2.54. The second kappa shape index (κ2) is 8.67. The molecular weight excluding hydrogens is 745 g/mol. The van der Waals surface area contributed by atoms with Crippen LogP contribution < -0.4 is 11.1 Å². The summed E-state index contributed by atoms with van der Waals surface area (Å²) >= 11 is 0. The first-order valence-corrected chi connectivity index (χ1v) is 20.4. The Morgan fingerprint density at radius 3 is 1.89 bits per heavy atom. The van der Waals surface area contributed by atoms with Gasteiger partial charge < -0.3 is 0 Å². The molecule has 0 amide bonds. The van der Waals surface area contributed by atoms with Crippen molar-refractivity contribution in [1.29, 1.82) is 0 Å². The average molecular weight is 761 g/mol. The Kier molecular flexibility index (Phi) is 4.86. The van der Waals surface area contributed by atoms with E-state index in [1.54, 1.807) is 18.2 Å². The van der Waals surface area contributed by atoms with Gasteiger partial charge in [0.1, 0.15) is 11.3 Å². The van der Waals surface area contributed by atoms with E-state index in [2.05, 4.69) is 4.98 Å². The van der Waals surface area contributed by atoms with Crippen molar-refractivity contribution in [2.45, 2.75) is 27.5 Å². The molecule has 0 fully saturated rings. The van der Waals surface area contributed by atoms with Crippen molar-refractivity contribution in [3.63, 3.8) is 0 Å². The van der Waals surface area contributed by atoms with Crippen LogP contribution in [0.25, 0.3) is 93.0 Å². The lowest BCUT2D eigenvalue weighted by Crippen LogP contribution is -2.17. The van der Waals surface area contributed by atoms with Crippen LogP contribution in [0.4, 0.5) is 0 Å². The number of hydrogen-bond acceptors (Lipinski definition) is 10. The Morgan fingerprint density at radius 2 is 1.21 bits per heavy atom. The first-order valence-electron chi connectivity index (χ1n) is 16.1. The topological polar surface area (TPSA) is 212 Å². The Morgan fingerprint density at radius 1 is 0.604 bits per heavy atom. The molecule has 12 rings (SSSR count). The van der Waals surface area contributed by atoms with E-state index in [0.29, 0.717) is 59.6 Å². The standard InChI is InChI=1S/C36H16N4O10S3/c41-35-18-6-4-16-15-3-5-17-27-20(36(42)39-23-9-13(52(45,46)47)1-7-21(23)37-33(17)39)12-26-32(29(15)27)31-25(51(26,43)44)11-19(28(18)30(16)31)34-38-22-8-2-14(53(48,49)50)10-24(22)40(34)35/h2-6,8-12H,1,7H2,(H,45,46,47)(H,48,49,50). The quantitative estimate of drug-likeness (QED) is 0.140. The van der Waals surface area contributed by atoms with Crippen LogP contribution in [0.1, 0.15) is 17.8 Å². The zero-order chi connectivity index (χ0) is 36.4. The molecule has 5 heterocycles. The van der Waals surface area contributed by atoms with E-state index in [0.717, 1.165) is 12.1 Å². The van der Waals surface area contributed by atoms with Gasteiger partial charge in [-0.15, -0.1) is 0 Å². The molecule has 4 aromatic heterocycles. The number of sulfone groups is 1. The number of allylic oxidation sites excluding steroid dienone is 1. The van der Waals surface area contributed by atoms with Crippen LogP contribution in [-0.4, -0.2) is 53.1 Å². The Labute approximate surface area is 294 Å². The number of hydrogen-bond donors (Lipinski definition) is 2. The van der Waals surface area contributed by atoms with E-state index >= 15 is 0 Å². The highest BCUT2D eigenvalue weighted by atomic mass is 32.2. The van der Waals surface area contributed by atoms with Crippen molar-refractivity contribution in [1.82, 2.24) is 18.8 Å². The van der Waals surface area contributed by atoms with Crippen LogP contribution in [0.3, 0.4) is 0 Å². The van der Waals surface area contributed by atoms with Gasteiger partial charge in [-0.1, -0.05) is 12.1 Å². The normalized spacial score (nSPS) is 16.1. The van der Waals surface area contributed by atoms with Gasteiger partial charge in [0.15, 0.2) is 0 Å². The maximum absolute atomic E-state index is 14.7. The summed E-state index contributed by atoms with van der Waals surface area (Å²) in [7, 11) is -13.5. The largest absolute Gasteiger partial charge is 0.294 e. The zero-order valence-electron chi connectivity index (χ0n) is 26.4. The van der Waals surface area contributed by atoms with E-state index in [9.17, 15) is 43.9 Å². The van der Waals surface area contributed by atoms with Crippen LogP contribution >= 0.6 is 0 Å². The molecule has 1 aliphatic carbocycles. The summed E-state index contributed by atoms with van der Waals surface area (Å²) in [5.74, 6) is 0. The summed E-state index contributed by atoms with van der Waals surface area (Å²) in [4.78, 5) is 37.3. The molecule has 0 bridgehead atoms. The molecule has 10 aromatic rings. The molecule has 6 aromatic carbocycles. The molecule has 2 aliphatic rings. The molecule has 0 saturated heterocycles. The summed E-state index contributed by atoms with van der Waals surface area (Å²) in [6.45, 7) is 0. The lowest BCUT2D eigenvalue weighted by molar-refractivity contribution is 0.482. The minimum absolute atomic E-state index is 0.00222. The number of imidazole rings is 2. The molecule has 0 atom stereocenters. The van der Waals surface area contributed by atoms with E-state index in [1.165, 1.54) is 33.1 Å². The van der Waals surface area contributed by atoms with Gasteiger partial charge in [0.2, 0.25) is 9.84 Å². The number of pyridine rings is 2. The molecule has 0 spiro atoms. The van der Waals surface area contributed by atoms with Crippen molar-refractivity contribution in [3.8, 4) is 0 Å². The van der Waals surface area contributed by atoms with E-state index in [1.807, 2.05) is 6.07 Å². The number of aryl methyl sites for hydroxylation is 1. The van der Waals surface area contributed by atoms with Gasteiger partial charge >= 0.3 is 0 Å². The number of rotatable bonds is 2. The monoisotopic (exact) mass is 760 g/mol. The van der Waals surface area contributed by atoms with Crippen molar-refractivity contribution in [2.75, 3.05) is 0 Å². The predicted molar refractivity (Wildman–Crippen MR) is 196 cm³/mol. The predicted octanol–water partition coefficient (Wildman–Crippen LogP) is 4.66. The Balaban J connectivity index is 1.29. The molecule has 1 aliphatic heterocycles. The fourth-order valence-electron chi connectivity index (χ4n) is 8.99. The fourth-order valence-corrected chi connectivity index (χ4v) is 11.8. The van der Waals surface area contributed by atoms with Gasteiger partial charge in [0, 0.05) is 48.5 Å². The molecule has 14 nitrogen and oxygen atoms in total. The Hall–Kier alpha value is -5.85. The smallest absolute Gasteiger partial charge is 0.282 e. The number of nitrogens with zero attached hydrogens (tertiary/aromatic N) is 4. The lowest BCUT2D eigenvalue weighted by atomic mass is 9.86. The van der Waals surface area contributed by atoms with E-state index in [4.69, 9.17) is 4.98 Å². The molecule has 0 saturated carbocycles. The first kappa shape index (κ1) is 29.7. The van der Waals surface area contributed by atoms with Crippen molar-refractivity contribution >= 4 is 123 Å². The van der Waals surface area contributed by atoms with Gasteiger partial charge in [-0.2, -0.15) is 16.8 Å². The molecule has 0 unspecified atom stereocenters. The summed E-state index contributed by atoms with van der Waals surface area (Å²) in [6.07, 6.45) is 1.39. The van der Waals surface area contributed by atoms with Gasteiger partial charge in [-0.25, -0.2) is 18.4 Å². The molecule has 258 valence electrons. The van der Waals surface area contributed by atoms with Crippen LogP contribution in [0.5, 0.6) is 0 Å². The SMILES string of the molecule is O=c1c2cc3c4c5c(cc6c7c(ccc(c8ccc(c2c84)c2nc4c(n12)C=C(S(=O)(=O)O)CC4)c57)c(=O)n1c2cc(S(=O)(=O)O)ccc2nc61)S3(=O)=O. The second-order valence-corrected chi connectivity index (χ2v) is 18.4. The van der Waals surface area contributed by atoms with Gasteiger partial charge in [-0.3, -0.25) is 27.5 Å². The summed E-state index contributed by atoms with van der Waals surface area (Å²) in [5.41, 5.74) is 0.280. The van der Waals surface area contributed by atoms with Crippen LogP contribution in [0, 0.1) is 0 Å². The number of benzene rings is 6. The first-order chi connectivity index (χ1) is 25.1. The fraction of sp³-hybridized carbons (Fsp3) is 0.0556. The molecular formula is C36H16N4O10S3. The third kappa shape index (κ3) is 3.26. The number of aromatic nitrogens is 4. The molecule has 0 radical (unpaired) electrons. The van der Waals surface area contributed by atoms with Crippen molar-refractivity contribution < 1.29 is 34.4 Å². The molecule has 17 heteroatoms. The van der Waals surface area contributed by atoms with Crippen molar-refractivity contribution in [3.05, 3.63) is 91.6 Å². The minimum Gasteiger partial charge on any atom is -0.282 e. The van der Waals surface area contributed by atoms with Gasteiger partial charge in [0.05, 0.1) is 47.4 Å². The van der Waals surface area contributed by atoms with Crippen molar-refractivity contribution in [2.24, 2.45) is 0 Å². The minimum atomic E-state index is -4.62.